The molecule has 0 radical (unpaired) electrons. The lowest BCUT2D eigenvalue weighted by atomic mass is 10.0. The molecular weight excluding hydrogens is 352 g/mol. The van der Waals surface area contributed by atoms with Gasteiger partial charge in [-0.3, -0.25) is 4.79 Å². The Morgan fingerprint density at radius 1 is 1.28 bits per heavy atom. The normalized spacial score (nSPS) is 21.6. The summed E-state index contributed by atoms with van der Waals surface area (Å²) in [6.45, 7) is 0.731. The molecule has 1 amide bonds. The summed E-state index contributed by atoms with van der Waals surface area (Å²) in [5.74, 6) is 0.551. The Hall–Kier alpha value is -1.39. The predicted molar refractivity (Wildman–Crippen MR) is 102 cm³/mol. The fraction of sp³-hybridized carbons (Fsp3) is 0.500. The maximum atomic E-state index is 12.3. The highest BCUT2D eigenvalue weighted by atomic mass is 35.5. The lowest BCUT2D eigenvalue weighted by molar-refractivity contribution is -0.122. The molecule has 1 saturated carbocycles. The molecule has 0 aliphatic heterocycles. The number of benzene rings is 1. The highest BCUT2D eigenvalue weighted by Gasteiger charge is 2.44. The first-order valence-electron chi connectivity index (χ1n) is 9.22. The molecule has 0 bridgehead atoms. The van der Waals surface area contributed by atoms with Gasteiger partial charge in [0, 0.05) is 28.8 Å². The second-order valence-corrected chi connectivity index (χ2v) is 8.62. The van der Waals surface area contributed by atoms with Crippen molar-refractivity contribution in [2.75, 3.05) is 6.54 Å². The fourth-order valence-electron chi connectivity index (χ4n) is 3.70. The average molecular weight is 375 g/mol. The number of hydrogen-bond acceptors (Lipinski definition) is 3. The maximum Gasteiger partial charge on any atom is 0.223 e. The zero-order valence-electron chi connectivity index (χ0n) is 14.3. The van der Waals surface area contributed by atoms with Gasteiger partial charge >= 0.3 is 0 Å². The molecule has 1 fully saturated rings. The Morgan fingerprint density at radius 2 is 2.12 bits per heavy atom. The number of hydrogen-bond donors (Lipinski definition) is 1. The molecular formula is C20H23ClN2OS. The number of aryl methyl sites for hydroxylation is 3. The molecule has 1 aromatic carbocycles. The molecule has 25 heavy (non-hydrogen) atoms. The van der Waals surface area contributed by atoms with Gasteiger partial charge in [-0.25, -0.2) is 4.98 Å². The Bertz CT molecular complexity index is 749. The summed E-state index contributed by atoms with van der Waals surface area (Å²) in [6.07, 6.45) is 7.77. The van der Waals surface area contributed by atoms with Crippen LogP contribution in [-0.4, -0.2) is 17.4 Å². The molecule has 4 rings (SSSR count). The van der Waals surface area contributed by atoms with E-state index in [-0.39, 0.29) is 11.8 Å². The average Bonchev–Trinajstić information content (AvgIpc) is 3.30. The number of fused-ring (bicyclic) bond motifs is 1. The third-order valence-electron chi connectivity index (χ3n) is 5.19. The smallest absolute Gasteiger partial charge is 0.223 e. The Kier molecular flexibility index (Phi) is 5.09. The van der Waals surface area contributed by atoms with Crippen molar-refractivity contribution < 1.29 is 4.79 Å². The summed E-state index contributed by atoms with van der Waals surface area (Å²) in [4.78, 5) is 18.6. The van der Waals surface area contributed by atoms with E-state index in [1.807, 2.05) is 35.6 Å². The monoisotopic (exact) mass is 374 g/mol. The largest absolute Gasteiger partial charge is 0.356 e. The van der Waals surface area contributed by atoms with Gasteiger partial charge in [0.05, 0.1) is 10.7 Å². The van der Waals surface area contributed by atoms with E-state index in [2.05, 4.69) is 5.32 Å². The maximum absolute atomic E-state index is 12.3. The minimum Gasteiger partial charge on any atom is -0.356 e. The highest BCUT2D eigenvalue weighted by molar-refractivity contribution is 7.11. The minimum absolute atomic E-state index is 0.0899. The second-order valence-electron chi connectivity index (χ2n) is 7.05. The van der Waals surface area contributed by atoms with Crippen LogP contribution in [0.3, 0.4) is 0 Å². The van der Waals surface area contributed by atoms with Crippen LogP contribution in [0.4, 0.5) is 0 Å². The third-order valence-corrected chi connectivity index (χ3v) is 6.75. The van der Waals surface area contributed by atoms with Gasteiger partial charge < -0.3 is 5.32 Å². The number of amides is 1. The third kappa shape index (κ3) is 3.90. The first kappa shape index (κ1) is 17.0. The first-order valence-corrected chi connectivity index (χ1v) is 10.4. The van der Waals surface area contributed by atoms with Crippen molar-refractivity contribution in [1.29, 1.82) is 0 Å². The van der Waals surface area contributed by atoms with Crippen LogP contribution in [0.15, 0.2) is 24.3 Å². The van der Waals surface area contributed by atoms with E-state index in [1.54, 1.807) is 0 Å². The van der Waals surface area contributed by atoms with Crippen LogP contribution in [0, 0.1) is 5.92 Å². The van der Waals surface area contributed by atoms with Crippen LogP contribution in [0.1, 0.15) is 52.7 Å². The van der Waals surface area contributed by atoms with Gasteiger partial charge in [0.2, 0.25) is 5.91 Å². The van der Waals surface area contributed by atoms with Gasteiger partial charge in [-0.05, 0) is 56.1 Å². The van der Waals surface area contributed by atoms with Crippen molar-refractivity contribution in [3.8, 4) is 0 Å². The molecule has 2 aromatic rings. The number of nitrogens with zero attached hydrogens (tertiary/aromatic N) is 1. The Morgan fingerprint density at radius 3 is 2.96 bits per heavy atom. The van der Waals surface area contributed by atoms with Gasteiger partial charge in [-0.2, -0.15) is 0 Å². The molecule has 0 spiro atoms. The summed E-state index contributed by atoms with van der Waals surface area (Å²) >= 11 is 8.10. The van der Waals surface area contributed by atoms with Crippen molar-refractivity contribution >= 4 is 28.8 Å². The highest BCUT2D eigenvalue weighted by Crippen LogP contribution is 2.49. The van der Waals surface area contributed by atoms with E-state index < -0.39 is 0 Å². The van der Waals surface area contributed by atoms with E-state index in [0.717, 1.165) is 42.8 Å². The zero-order valence-corrected chi connectivity index (χ0v) is 15.8. The van der Waals surface area contributed by atoms with Crippen LogP contribution in [-0.2, 0) is 24.1 Å². The van der Waals surface area contributed by atoms with Crippen molar-refractivity contribution in [3.05, 3.63) is 50.4 Å². The van der Waals surface area contributed by atoms with Crippen LogP contribution >= 0.6 is 22.9 Å². The van der Waals surface area contributed by atoms with Crippen molar-refractivity contribution in [2.24, 2.45) is 5.92 Å². The van der Waals surface area contributed by atoms with Crippen molar-refractivity contribution in [2.45, 2.75) is 50.9 Å². The summed E-state index contributed by atoms with van der Waals surface area (Å²) < 4.78 is 0. The lowest BCUT2D eigenvalue weighted by Gasteiger charge is -2.06. The molecule has 2 atom stereocenters. The number of halogens is 1. The summed E-state index contributed by atoms with van der Waals surface area (Å²) in [6, 6.07) is 7.85. The number of nitrogens with one attached hydrogen (secondary N) is 1. The van der Waals surface area contributed by atoms with E-state index >= 15 is 0 Å². The Labute approximate surface area is 157 Å². The molecule has 2 unspecified atom stereocenters. The fourth-order valence-corrected chi connectivity index (χ4v) is 5.17. The van der Waals surface area contributed by atoms with Crippen LogP contribution < -0.4 is 5.32 Å². The number of thiazole rings is 1. The molecule has 5 heteroatoms. The van der Waals surface area contributed by atoms with E-state index in [1.165, 1.54) is 34.8 Å². The van der Waals surface area contributed by atoms with Crippen molar-refractivity contribution in [3.63, 3.8) is 0 Å². The van der Waals surface area contributed by atoms with Gasteiger partial charge in [0.1, 0.15) is 0 Å². The van der Waals surface area contributed by atoms with E-state index in [0.29, 0.717) is 5.92 Å². The second kappa shape index (κ2) is 7.46. The van der Waals surface area contributed by atoms with Crippen LogP contribution in [0.5, 0.6) is 0 Å². The molecule has 3 nitrogen and oxygen atoms in total. The standard InChI is InChI=1S/C20H23ClN2OS/c21-16-7-2-1-6-13(16)14-12-15(14)20(24)22-11-5-10-19-23-17-8-3-4-9-18(17)25-19/h1-2,6-7,14-15H,3-5,8-12H2,(H,22,24). The van der Waals surface area contributed by atoms with E-state index in [9.17, 15) is 4.79 Å². The summed E-state index contributed by atoms with van der Waals surface area (Å²) in [7, 11) is 0. The quantitative estimate of drug-likeness (QED) is 0.755. The van der Waals surface area contributed by atoms with Crippen LogP contribution in [0.2, 0.25) is 5.02 Å². The number of carbonyl (C=O) groups excluding carboxylic acids is 1. The number of aromatic nitrogens is 1. The molecule has 2 aliphatic carbocycles. The van der Waals surface area contributed by atoms with Crippen LogP contribution in [0.25, 0.3) is 0 Å². The van der Waals surface area contributed by atoms with Crippen molar-refractivity contribution in [1.82, 2.24) is 10.3 Å². The van der Waals surface area contributed by atoms with Gasteiger partial charge in [0.15, 0.2) is 0 Å². The lowest BCUT2D eigenvalue weighted by Crippen LogP contribution is -2.26. The predicted octanol–water partition coefficient (Wildman–Crippen LogP) is 4.53. The van der Waals surface area contributed by atoms with Gasteiger partial charge in [-0.1, -0.05) is 29.8 Å². The zero-order chi connectivity index (χ0) is 17.2. The molecule has 1 aromatic heterocycles. The summed E-state index contributed by atoms with van der Waals surface area (Å²) in [5, 5.41) is 5.10. The molecule has 1 heterocycles. The van der Waals surface area contributed by atoms with Gasteiger partial charge in [0.25, 0.3) is 0 Å². The van der Waals surface area contributed by atoms with E-state index in [4.69, 9.17) is 16.6 Å². The van der Waals surface area contributed by atoms with Gasteiger partial charge in [-0.15, -0.1) is 11.3 Å². The Balaban J connectivity index is 1.21. The summed E-state index contributed by atoms with van der Waals surface area (Å²) in [5.41, 5.74) is 2.44. The molecule has 2 aliphatic rings. The molecule has 0 saturated heterocycles. The topological polar surface area (TPSA) is 42.0 Å². The first-order chi connectivity index (χ1) is 12.2. The number of carbonyl (C=O) groups is 1. The SMILES string of the molecule is O=C(NCCCc1nc2c(s1)CCCC2)C1CC1c1ccccc1Cl. The molecule has 132 valence electrons. The minimum atomic E-state index is 0.0899. The number of rotatable bonds is 6. The molecule has 1 N–H and O–H groups in total.